The highest BCUT2D eigenvalue weighted by Crippen LogP contribution is 2.37. The Hall–Kier alpha value is -1.10. The lowest BCUT2D eigenvalue weighted by Crippen LogP contribution is -1.80. The fraction of sp³-hybridized carbons (Fsp3) is 0. The Morgan fingerprint density at radius 2 is 2.06 bits per heavy atom. The largest absolute Gasteiger partial charge is 0.445 e. The molecular formula is C10H4Cl2N2OS. The summed E-state index contributed by atoms with van der Waals surface area (Å²) in [5, 5.41) is 3.51. The summed E-state index contributed by atoms with van der Waals surface area (Å²) in [6.45, 7) is 0. The van der Waals surface area contributed by atoms with Gasteiger partial charge in [0.05, 0.1) is 5.39 Å². The van der Waals surface area contributed by atoms with Crippen molar-refractivity contribution in [2.45, 2.75) is 0 Å². The molecule has 0 aliphatic carbocycles. The van der Waals surface area contributed by atoms with E-state index < -0.39 is 0 Å². The molecule has 0 aromatic carbocycles. The molecule has 0 N–H and O–H groups in total. The highest BCUT2D eigenvalue weighted by atomic mass is 35.5. The predicted octanol–water partition coefficient (Wildman–Crippen LogP) is 4.26. The van der Waals surface area contributed by atoms with Crippen molar-refractivity contribution >= 4 is 44.8 Å². The van der Waals surface area contributed by atoms with Crippen molar-refractivity contribution in [3.8, 4) is 11.3 Å². The molecule has 0 aliphatic rings. The third-order valence-electron chi connectivity index (χ3n) is 2.16. The summed E-state index contributed by atoms with van der Waals surface area (Å²) in [5.74, 6) is 0.674. The van der Waals surface area contributed by atoms with E-state index in [-0.39, 0.29) is 0 Å². The SMILES string of the molecule is Clc1ccc(-c2csc3ncnc(Cl)c23)o1. The Bertz CT molecular complexity index is 662. The summed E-state index contributed by atoms with van der Waals surface area (Å²) in [6.07, 6.45) is 1.44. The maximum absolute atomic E-state index is 6.04. The van der Waals surface area contributed by atoms with E-state index in [9.17, 15) is 0 Å². The molecule has 3 heterocycles. The number of thiophene rings is 1. The van der Waals surface area contributed by atoms with Gasteiger partial charge in [-0.3, -0.25) is 0 Å². The summed E-state index contributed by atoms with van der Waals surface area (Å²) in [6, 6.07) is 3.49. The van der Waals surface area contributed by atoms with Crippen LogP contribution in [0.25, 0.3) is 21.5 Å². The van der Waals surface area contributed by atoms with Gasteiger partial charge in [-0.05, 0) is 23.7 Å². The summed E-state index contributed by atoms with van der Waals surface area (Å²) >= 11 is 13.3. The van der Waals surface area contributed by atoms with E-state index in [1.165, 1.54) is 17.7 Å². The number of fused-ring (bicyclic) bond motifs is 1. The zero-order chi connectivity index (χ0) is 11.1. The molecule has 0 saturated heterocycles. The van der Waals surface area contributed by atoms with Crippen LogP contribution in [0.5, 0.6) is 0 Å². The molecule has 0 bridgehead atoms. The molecule has 0 radical (unpaired) electrons. The average molecular weight is 271 g/mol. The van der Waals surface area contributed by atoms with Crippen LogP contribution in [0.15, 0.2) is 28.3 Å². The van der Waals surface area contributed by atoms with Crippen LogP contribution in [0.4, 0.5) is 0 Å². The van der Waals surface area contributed by atoms with Crippen molar-refractivity contribution in [1.29, 1.82) is 0 Å². The molecule has 3 aromatic rings. The fourth-order valence-electron chi connectivity index (χ4n) is 1.48. The first-order chi connectivity index (χ1) is 7.75. The molecule has 0 spiro atoms. The summed E-state index contributed by atoms with van der Waals surface area (Å²) in [4.78, 5) is 8.94. The summed E-state index contributed by atoms with van der Waals surface area (Å²) in [5.41, 5.74) is 0.873. The quantitative estimate of drug-likeness (QED) is 0.621. The average Bonchev–Trinajstić information content (AvgIpc) is 2.84. The second-order valence-electron chi connectivity index (χ2n) is 3.10. The van der Waals surface area contributed by atoms with Crippen LogP contribution in [-0.2, 0) is 0 Å². The first-order valence-corrected chi connectivity index (χ1v) is 6.02. The number of nitrogens with zero attached hydrogens (tertiary/aromatic N) is 2. The number of furan rings is 1. The minimum atomic E-state index is 0.349. The zero-order valence-corrected chi connectivity index (χ0v) is 10.1. The number of rotatable bonds is 1. The lowest BCUT2D eigenvalue weighted by atomic mass is 10.2. The first kappa shape index (κ1) is 10.1. The molecule has 0 fully saturated rings. The molecule has 3 nitrogen and oxygen atoms in total. The minimum absolute atomic E-state index is 0.349. The van der Waals surface area contributed by atoms with Crippen LogP contribution in [0.1, 0.15) is 0 Å². The highest BCUT2D eigenvalue weighted by molar-refractivity contribution is 7.17. The van der Waals surface area contributed by atoms with Gasteiger partial charge in [0.15, 0.2) is 5.22 Å². The smallest absolute Gasteiger partial charge is 0.193 e. The van der Waals surface area contributed by atoms with Gasteiger partial charge in [0.1, 0.15) is 22.1 Å². The number of hydrogen-bond donors (Lipinski definition) is 0. The predicted molar refractivity (Wildman–Crippen MR) is 65.1 cm³/mol. The maximum Gasteiger partial charge on any atom is 0.193 e. The Kier molecular flexibility index (Phi) is 2.35. The van der Waals surface area contributed by atoms with Gasteiger partial charge in [-0.1, -0.05) is 11.6 Å². The van der Waals surface area contributed by atoms with Crippen molar-refractivity contribution in [2.75, 3.05) is 0 Å². The van der Waals surface area contributed by atoms with E-state index >= 15 is 0 Å². The molecule has 6 heteroatoms. The first-order valence-electron chi connectivity index (χ1n) is 4.39. The van der Waals surface area contributed by atoms with E-state index in [0.717, 1.165) is 15.8 Å². The minimum Gasteiger partial charge on any atom is -0.445 e. The van der Waals surface area contributed by atoms with Crippen LogP contribution in [0, 0.1) is 0 Å². The van der Waals surface area contributed by atoms with E-state index in [4.69, 9.17) is 27.6 Å². The van der Waals surface area contributed by atoms with Crippen molar-refractivity contribution in [3.63, 3.8) is 0 Å². The lowest BCUT2D eigenvalue weighted by molar-refractivity contribution is 0.585. The monoisotopic (exact) mass is 270 g/mol. The normalized spacial score (nSPS) is 11.1. The van der Waals surface area contributed by atoms with Gasteiger partial charge in [0.2, 0.25) is 0 Å². The summed E-state index contributed by atoms with van der Waals surface area (Å²) < 4.78 is 5.35. The third-order valence-corrected chi connectivity index (χ3v) is 3.54. The van der Waals surface area contributed by atoms with Crippen molar-refractivity contribution < 1.29 is 4.42 Å². The number of halogens is 2. The molecule has 3 rings (SSSR count). The van der Waals surface area contributed by atoms with E-state index in [1.54, 1.807) is 12.1 Å². The van der Waals surface area contributed by atoms with Crippen LogP contribution < -0.4 is 0 Å². The van der Waals surface area contributed by atoms with Gasteiger partial charge in [-0.2, -0.15) is 0 Å². The van der Waals surface area contributed by atoms with Crippen LogP contribution in [-0.4, -0.2) is 9.97 Å². The van der Waals surface area contributed by atoms with Gasteiger partial charge >= 0.3 is 0 Å². The van der Waals surface area contributed by atoms with E-state index in [0.29, 0.717) is 16.1 Å². The van der Waals surface area contributed by atoms with Gasteiger partial charge < -0.3 is 4.42 Å². The molecule has 0 amide bonds. The second-order valence-corrected chi connectivity index (χ2v) is 4.69. The number of hydrogen-bond acceptors (Lipinski definition) is 4. The maximum atomic E-state index is 6.04. The van der Waals surface area contributed by atoms with E-state index in [2.05, 4.69) is 9.97 Å². The standard InChI is InChI=1S/C10H4Cl2N2OS/c11-7-2-1-6(15-7)5-3-16-10-8(5)9(12)13-4-14-10/h1-4H. The van der Waals surface area contributed by atoms with Gasteiger partial charge in [-0.15, -0.1) is 11.3 Å². The molecule has 80 valence electrons. The molecule has 0 saturated carbocycles. The van der Waals surface area contributed by atoms with Crippen LogP contribution in [0.2, 0.25) is 10.4 Å². The summed E-state index contributed by atoms with van der Waals surface area (Å²) in [7, 11) is 0. The highest BCUT2D eigenvalue weighted by Gasteiger charge is 2.14. The molecule has 16 heavy (non-hydrogen) atoms. The topological polar surface area (TPSA) is 38.9 Å². The van der Waals surface area contributed by atoms with Crippen LogP contribution >= 0.6 is 34.5 Å². The van der Waals surface area contributed by atoms with Gasteiger partial charge in [0, 0.05) is 10.9 Å². The Labute approximate surface area is 105 Å². The van der Waals surface area contributed by atoms with Gasteiger partial charge in [-0.25, -0.2) is 9.97 Å². The van der Waals surface area contributed by atoms with E-state index in [1.807, 2.05) is 5.38 Å². The zero-order valence-electron chi connectivity index (χ0n) is 7.78. The molecule has 0 aliphatic heterocycles. The molecule has 3 aromatic heterocycles. The van der Waals surface area contributed by atoms with Crippen LogP contribution in [0.3, 0.4) is 0 Å². The number of aromatic nitrogens is 2. The van der Waals surface area contributed by atoms with Gasteiger partial charge in [0.25, 0.3) is 0 Å². The van der Waals surface area contributed by atoms with Crippen molar-refractivity contribution in [2.24, 2.45) is 0 Å². The Morgan fingerprint density at radius 3 is 2.81 bits per heavy atom. The van der Waals surface area contributed by atoms with Crippen molar-refractivity contribution in [1.82, 2.24) is 9.97 Å². The Balaban J connectivity index is 2.32. The lowest BCUT2D eigenvalue weighted by Gasteiger charge is -1.95. The molecule has 0 unspecified atom stereocenters. The Morgan fingerprint density at radius 1 is 1.19 bits per heavy atom. The molecular weight excluding hydrogens is 267 g/mol. The second kappa shape index (κ2) is 3.73. The molecule has 0 atom stereocenters. The third kappa shape index (κ3) is 1.50. The van der Waals surface area contributed by atoms with Crippen molar-refractivity contribution in [3.05, 3.63) is 34.2 Å². The fourth-order valence-corrected chi connectivity index (χ4v) is 2.81.